The molecule has 4 N–H and O–H groups in total. The minimum absolute atomic E-state index is 0.0404. The first-order valence-electron chi connectivity index (χ1n) is 7.68. The third kappa shape index (κ3) is 6.25. The van der Waals surface area contributed by atoms with Crippen LogP contribution in [0.2, 0.25) is 0 Å². The Balaban J connectivity index is 1.87. The van der Waals surface area contributed by atoms with Crippen LogP contribution >= 0.6 is 0 Å². The Labute approximate surface area is 145 Å². The number of ketones is 2. The average Bonchev–Trinajstić information content (AvgIpc) is 2.66. The van der Waals surface area contributed by atoms with Gasteiger partial charge in [0.15, 0.2) is 11.6 Å². The summed E-state index contributed by atoms with van der Waals surface area (Å²) in [5.41, 5.74) is 10.4. The van der Waals surface area contributed by atoms with Crippen molar-refractivity contribution in [3.05, 3.63) is 48.5 Å². The maximum absolute atomic E-state index is 11.1. The average molecular weight is 344 g/mol. The lowest BCUT2D eigenvalue weighted by Gasteiger charge is -2.09. The Bertz CT molecular complexity index is 637. The normalized spacial score (nSPS) is 10.2. The molecule has 0 aromatic heterocycles. The third-order valence-electron chi connectivity index (χ3n) is 3.14. The summed E-state index contributed by atoms with van der Waals surface area (Å²) in [7, 11) is 0. The molecule has 0 aliphatic rings. The fourth-order valence-corrected chi connectivity index (χ4v) is 1.79. The minimum Gasteiger partial charge on any atom is -0.486 e. The number of rotatable bonds is 10. The Morgan fingerprint density at radius 2 is 0.960 bits per heavy atom. The zero-order valence-corrected chi connectivity index (χ0v) is 13.6. The topological polar surface area (TPSA) is 114 Å². The van der Waals surface area contributed by atoms with Crippen molar-refractivity contribution < 1.29 is 23.8 Å². The summed E-state index contributed by atoms with van der Waals surface area (Å²) < 4.78 is 16.3. The molecule has 0 atom stereocenters. The lowest BCUT2D eigenvalue weighted by molar-refractivity contribution is -0.120. The van der Waals surface area contributed by atoms with Gasteiger partial charge >= 0.3 is 0 Å². The second kappa shape index (κ2) is 9.41. The van der Waals surface area contributed by atoms with E-state index in [0.717, 1.165) is 0 Å². The van der Waals surface area contributed by atoms with E-state index in [4.69, 9.17) is 25.7 Å². The summed E-state index contributed by atoms with van der Waals surface area (Å²) in [5.74, 6) is 2.01. The van der Waals surface area contributed by atoms with E-state index in [2.05, 4.69) is 0 Å². The van der Waals surface area contributed by atoms with Crippen LogP contribution in [0.15, 0.2) is 48.5 Å². The van der Waals surface area contributed by atoms with Crippen LogP contribution in [0.1, 0.15) is 0 Å². The second-order valence-electron chi connectivity index (χ2n) is 5.11. The van der Waals surface area contributed by atoms with Crippen LogP contribution in [0.5, 0.6) is 23.0 Å². The van der Waals surface area contributed by atoms with Crippen molar-refractivity contribution in [1.29, 1.82) is 0 Å². The molecule has 0 amide bonds. The predicted molar refractivity (Wildman–Crippen MR) is 92.1 cm³/mol. The lowest BCUT2D eigenvalue weighted by Crippen LogP contribution is -2.20. The molecular formula is C18H20N2O5. The second-order valence-corrected chi connectivity index (χ2v) is 5.11. The molecule has 0 radical (unpaired) electrons. The molecule has 0 saturated heterocycles. The van der Waals surface area contributed by atoms with E-state index in [0.29, 0.717) is 23.0 Å². The number of benzene rings is 2. The number of nitrogens with two attached hydrogens (primary N) is 2. The van der Waals surface area contributed by atoms with Gasteiger partial charge in [0.2, 0.25) is 0 Å². The van der Waals surface area contributed by atoms with Gasteiger partial charge < -0.3 is 25.7 Å². The lowest BCUT2D eigenvalue weighted by atomic mass is 10.3. The molecule has 0 spiro atoms. The fourth-order valence-electron chi connectivity index (χ4n) is 1.79. The van der Waals surface area contributed by atoms with Crippen molar-refractivity contribution in [2.45, 2.75) is 0 Å². The Morgan fingerprint density at radius 3 is 1.28 bits per heavy atom. The number of hydrogen-bond acceptors (Lipinski definition) is 7. The van der Waals surface area contributed by atoms with Crippen molar-refractivity contribution in [3.8, 4) is 23.0 Å². The number of Topliss-reactive ketones (excluding diaryl/α,β-unsaturated/α-hetero) is 2. The molecule has 2 aromatic carbocycles. The maximum atomic E-state index is 11.1. The SMILES string of the molecule is NCC(=O)COc1ccc(Oc2ccc(OCC(=O)CN)cc2)cc1. The largest absolute Gasteiger partial charge is 0.486 e. The van der Waals surface area contributed by atoms with Crippen LogP contribution in [0.4, 0.5) is 0 Å². The van der Waals surface area contributed by atoms with E-state index in [9.17, 15) is 9.59 Å². The van der Waals surface area contributed by atoms with Crippen molar-refractivity contribution in [3.63, 3.8) is 0 Å². The Morgan fingerprint density at radius 1 is 0.640 bits per heavy atom. The molecule has 0 aliphatic carbocycles. The first kappa shape index (κ1) is 18.4. The van der Waals surface area contributed by atoms with Crippen LogP contribution in [-0.2, 0) is 9.59 Å². The van der Waals surface area contributed by atoms with Crippen molar-refractivity contribution in [2.24, 2.45) is 11.5 Å². The molecule has 7 heteroatoms. The van der Waals surface area contributed by atoms with E-state index < -0.39 is 0 Å². The zero-order valence-electron chi connectivity index (χ0n) is 13.6. The van der Waals surface area contributed by atoms with Crippen LogP contribution in [0.25, 0.3) is 0 Å². The first-order valence-corrected chi connectivity index (χ1v) is 7.68. The van der Waals surface area contributed by atoms with Gasteiger partial charge in [0, 0.05) is 0 Å². The molecule has 0 bridgehead atoms. The highest BCUT2D eigenvalue weighted by Crippen LogP contribution is 2.25. The Kier molecular flexibility index (Phi) is 6.94. The molecule has 132 valence electrons. The summed E-state index contributed by atoms with van der Waals surface area (Å²) in [6, 6.07) is 13.7. The van der Waals surface area contributed by atoms with Crippen molar-refractivity contribution >= 4 is 11.6 Å². The monoisotopic (exact) mass is 344 g/mol. The van der Waals surface area contributed by atoms with Gasteiger partial charge in [-0.3, -0.25) is 9.59 Å². The molecular weight excluding hydrogens is 324 g/mol. The van der Waals surface area contributed by atoms with Crippen molar-refractivity contribution in [1.82, 2.24) is 0 Å². The van der Waals surface area contributed by atoms with E-state index in [1.807, 2.05) is 0 Å². The van der Waals surface area contributed by atoms with Crippen LogP contribution in [0.3, 0.4) is 0 Å². The smallest absolute Gasteiger partial charge is 0.183 e. The van der Waals surface area contributed by atoms with Gasteiger partial charge in [-0.25, -0.2) is 0 Å². The molecule has 2 rings (SSSR count). The van der Waals surface area contributed by atoms with Crippen LogP contribution in [0, 0.1) is 0 Å². The fraction of sp³-hybridized carbons (Fsp3) is 0.222. The van der Waals surface area contributed by atoms with Crippen molar-refractivity contribution in [2.75, 3.05) is 26.3 Å². The van der Waals surface area contributed by atoms with E-state index in [1.54, 1.807) is 48.5 Å². The minimum atomic E-state index is -0.171. The third-order valence-corrected chi connectivity index (χ3v) is 3.14. The van der Waals surface area contributed by atoms with Gasteiger partial charge in [-0.05, 0) is 48.5 Å². The molecule has 7 nitrogen and oxygen atoms in total. The summed E-state index contributed by atoms with van der Waals surface area (Å²) in [4.78, 5) is 22.2. The predicted octanol–water partition coefficient (Wildman–Crippen LogP) is 1.29. The standard InChI is InChI=1S/C18H20N2O5/c19-9-13(21)11-23-15-1-5-17(6-2-15)25-18-7-3-16(4-8-18)24-12-14(22)10-20/h1-8H,9-12,19-20H2. The molecule has 0 fully saturated rings. The van der Waals surface area contributed by atoms with E-state index in [-0.39, 0.29) is 37.9 Å². The molecule has 0 unspecified atom stereocenters. The molecule has 2 aromatic rings. The highest BCUT2D eigenvalue weighted by molar-refractivity contribution is 5.82. The van der Waals surface area contributed by atoms with E-state index >= 15 is 0 Å². The van der Waals surface area contributed by atoms with Gasteiger partial charge in [-0.1, -0.05) is 0 Å². The number of carbonyl (C=O) groups is 2. The summed E-state index contributed by atoms with van der Waals surface area (Å²) in [5, 5.41) is 0. The van der Waals surface area contributed by atoms with Gasteiger partial charge in [-0.2, -0.15) is 0 Å². The quantitative estimate of drug-likeness (QED) is 0.667. The summed E-state index contributed by atoms with van der Waals surface area (Å²) in [6.07, 6.45) is 0. The van der Waals surface area contributed by atoms with E-state index in [1.165, 1.54) is 0 Å². The molecule has 0 heterocycles. The highest BCUT2D eigenvalue weighted by atomic mass is 16.5. The maximum Gasteiger partial charge on any atom is 0.183 e. The zero-order chi connectivity index (χ0) is 18.1. The summed E-state index contributed by atoms with van der Waals surface area (Å²) in [6.45, 7) is -0.182. The molecule has 0 aliphatic heterocycles. The Hall–Kier alpha value is -2.90. The first-order chi connectivity index (χ1) is 12.1. The summed E-state index contributed by atoms with van der Waals surface area (Å²) >= 11 is 0. The van der Waals surface area contributed by atoms with Gasteiger partial charge in [-0.15, -0.1) is 0 Å². The molecule has 0 saturated carbocycles. The molecule has 25 heavy (non-hydrogen) atoms. The van der Waals surface area contributed by atoms with Crippen LogP contribution < -0.4 is 25.7 Å². The number of ether oxygens (including phenoxy) is 3. The highest BCUT2D eigenvalue weighted by Gasteiger charge is 2.03. The van der Waals surface area contributed by atoms with Gasteiger partial charge in [0.1, 0.15) is 36.2 Å². The van der Waals surface area contributed by atoms with Gasteiger partial charge in [0.25, 0.3) is 0 Å². The van der Waals surface area contributed by atoms with Crippen LogP contribution in [-0.4, -0.2) is 37.9 Å². The number of hydrogen-bond donors (Lipinski definition) is 2. The van der Waals surface area contributed by atoms with Gasteiger partial charge in [0.05, 0.1) is 13.1 Å². The number of carbonyl (C=O) groups excluding carboxylic acids is 2.